The minimum absolute atomic E-state index is 0.0819. The summed E-state index contributed by atoms with van der Waals surface area (Å²) in [6, 6.07) is -0.383. The van der Waals surface area contributed by atoms with Crippen LogP contribution in [0.2, 0.25) is 0 Å². The summed E-state index contributed by atoms with van der Waals surface area (Å²) in [5.74, 6) is -0.523. The molecule has 2 fully saturated rings. The van der Waals surface area contributed by atoms with E-state index in [1.54, 1.807) is 0 Å². The molecular formula is C13H16N2O4. The van der Waals surface area contributed by atoms with Gasteiger partial charge in [-0.05, 0) is 19.3 Å². The molecule has 0 spiro atoms. The number of hydrogen-bond donors (Lipinski definition) is 2. The highest BCUT2D eigenvalue weighted by Crippen LogP contribution is 2.47. The molecule has 2 aliphatic heterocycles. The van der Waals surface area contributed by atoms with Crippen molar-refractivity contribution in [2.24, 2.45) is 0 Å². The number of fused-ring (bicyclic) bond motifs is 1. The van der Waals surface area contributed by atoms with Gasteiger partial charge in [-0.1, -0.05) is 6.08 Å². The number of piperidine rings is 1. The van der Waals surface area contributed by atoms with Gasteiger partial charge in [-0.25, -0.2) is 0 Å². The van der Waals surface area contributed by atoms with Gasteiger partial charge in [0.2, 0.25) is 11.8 Å². The van der Waals surface area contributed by atoms with E-state index in [0.29, 0.717) is 25.0 Å². The molecule has 0 aromatic rings. The average molecular weight is 264 g/mol. The molecule has 3 rings (SSSR count). The van der Waals surface area contributed by atoms with Crippen LogP contribution in [0.15, 0.2) is 11.6 Å². The molecule has 19 heavy (non-hydrogen) atoms. The Morgan fingerprint density at radius 3 is 3.05 bits per heavy atom. The molecule has 0 radical (unpaired) electrons. The minimum atomic E-state index is -0.540. The van der Waals surface area contributed by atoms with Crippen molar-refractivity contribution in [3.63, 3.8) is 0 Å². The molecule has 2 amide bonds. The Kier molecular flexibility index (Phi) is 2.99. The Labute approximate surface area is 110 Å². The predicted octanol–water partition coefficient (Wildman–Crippen LogP) is -0.562. The molecule has 3 atom stereocenters. The van der Waals surface area contributed by atoms with Crippen LogP contribution >= 0.6 is 0 Å². The van der Waals surface area contributed by atoms with Gasteiger partial charge in [0.25, 0.3) is 0 Å². The van der Waals surface area contributed by atoms with Gasteiger partial charge in [0.1, 0.15) is 11.9 Å². The smallest absolute Gasteiger partial charge is 0.243 e. The number of ether oxygens (including phenoxy) is 1. The molecule has 0 aromatic carbocycles. The van der Waals surface area contributed by atoms with Gasteiger partial charge in [0, 0.05) is 18.5 Å². The van der Waals surface area contributed by atoms with E-state index in [0.717, 1.165) is 19.1 Å². The first-order valence-corrected chi connectivity index (χ1v) is 6.56. The number of carbonyl (C=O) groups excluding carboxylic acids is 3. The maximum absolute atomic E-state index is 11.6. The van der Waals surface area contributed by atoms with Crippen molar-refractivity contribution in [3.05, 3.63) is 11.6 Å². The third-order valence-electron chi connectivity index (χ3n) is 4.07. The topological polar surface area (TPSA) is 87.8 Å². The van der Waals surface area contributed by atoms with Crippen LogP contribution < -0.4 is 10.6 Å². The number of allylic oxidation sites excluding steroid dienone is 1. The molecular weight excluding hydrogens is 248 g/mol. The summed E-state index contributed by atoms with van der Waals surface area (Å²) in [6.07, 6.45) is 5.43. The zero-order valence-electron chi connectivity index (χ0n) is 10.5. The van der Waals surface area contributed by atoms with Gasteiger partial charge in [0.15, 0.2) is 0 Å². The van der Waals surface area contributed by atoms with E-state index >= 15 is 0 Å². The van der Waals surface area contributed by atoms with Gasteiger partial charge >= 0.3 is 0 Å². The quantitative estimate of drug-likeness (QED) is 0.403. The summed E-state index contributed by atoms with van der Waals surface area (Å²) < 4.78 is 5.66. The fraction of sp³-hybridized carbons (Fsp3) is 0.615. The zero-order valence-corrected chi connectivity index (χ0v) is 10.5. The molecule has 2 saturated heterocycles. The van der Waals surface area contributed by atoms with E-state index in [-0.39, 0.29) is 24.0 Å². The Morgan fingerprint density at radius 1 is 1.47 bits per heavy atom. The maximum Gasteiger partial charge on any atom is 0.243 e. The Balaban J connectivity index is 1.62. The van der Waals surface area contributed by atoms with E-state index in [4.69, 9.17) is 4.74 Å². The lowest BCUT2D eigenvalue weighted by Gasteiger charge is -2.24. The van der Waals surface area contributed by atoms with E-state index in [1.165, 1.54) is 0 Å². The van der Waals surface area contributed by atoms with Crippen molar-refractivity contribution in [3.8, 4) is 0 Å². The van der Waals surface area contributed by atoms with Crippen molar-refractivity contribution >= 4 is 18.1 Å². The molecule has 3 aliphatic rings. The number of aldehydes is 1. The summed E-state index contributed by atoms with van der Waals surface area (Å²) in [5.41, 5.74) is 0.130. The molecule has 102 valence electrons. The van der Waals surface area contributed by atoms with Crippen LogP contribution in [0.1, 0.15) is 25.7 Å². The van der Waals surface area contributed by atoms with Gasteiger partial charge in [-0.2, -0.15) is 0 Å². The Morgan fingerprint density at radius 2 is 2.32 bits per heavy atom. The highest BCUT2D eigenvalue weighted by Gasteiger charge is 2.59. The number of epoxide rings is 1. The van der Waals surface area contributed by atoms with E-state index in [2.05, 4.69) is 10.6 Å². The monoisotopic (exact) mass is 264 g/mol. The summed E-state index contributed by atoms with van der Waals surface area (Å²) in [6.45, 7) is 0.439. The van der Waals surface area contributed by atoms with Crippen molar-refractivity contribution in [2.45, 2.75) is 43.4 Å². The maximum atomic E-state index is 11.6. The summed E-state index contributed by atoms with van der Waals surface area (Å²) >= 11 is 0. The van der Waals surface area contributed by atoms with E-state index < -0.39 is 5.60 Å². The number of hydrogen-bond acceptors (Lipinski definition) is 5. The van der Waals surface area contributed by atoms with Crippen LogP contribution in [0.25, 0.3) is 0 Å². The summed E-state index contributed by atoms with van der Waals surface area (Å²) in [5, 5.41) is 5.42. The Hall–Kier alpha value is -1.53. The van der Waals surface area contributed by atoms with Crippen LogP contribution in [-0.2, 0) is 19.1 Å². The fourth-order valence-corrected chi connectivity index (χ4v) is 2.90. The molecule has 0 bridgehead atoms. The number of nitrogens with one attached hydrogen (secondary N) is 2. The average Bonchev–Trinajstić information content (AvgIpc) is 3.12. The van der Waals surface area contributed by atoms with Crippen LogP contribution in [0.3, 0.4) is 0 Å². The zero-order chi connectivity index (χ0) is 13.5. The van der Waals surface area contributed by atoms with Crippen molar-refractivity contribution < 1.29 is 19.1 Å². The number of carbonyl (C=O) groups is 3. The molecule has 3 unspecified atom stereocenters. The number of amides is 2. The first-order chi connectivity index (χ1) is 9.15. The van der Waals surface area contributed by atoms with Crippen LogP contribution in [0, 0.1) is 0 Å². The lowest BCUT2D eigenvalue weighted by Crippen LogP contribution is -2.53. The highest BCUT2D eigenvalue weighted by atomic mass is 16.6. The molecule has 0 aromatic heterocycles. The van der Waals surface area contributed by atoms with Gasteiger partial charge in [-0.15, -0.1) is 0 Å². The minimum Gasteiger partial charge on any atom is -0.359 e. The van der Waals surface area contributed by atoms with Gasteiger partial charge in [-0.3, -0.25) is 19.7 Å². The van der Waals surface area contributed by atoms with Gasteiger partial charge < -0.3 is 10.1 Å². The Bertz CT molecular complexity index is 473. The largest absolute Gasteiger partial charge is 0.359 e. The third-order valence-corrected chi connectivity index (χ3v) is 4.07. The third kappa shape index (κ3) is 2.11. The van der Waals surface area contributed by atoms with Crippen LogP contribution in [-0.4, -0.2) is 42.4 Å². The molecule has 1 aliphatic carbocycles. The van der Waals surface area contributed by atoms with E-state index in [9.17, 15) is 14.4 Å². The fourth-order valence-electron chi connectivity index (χ4n) is 2.90. The number of imide groups is 1. The summed E-state index contributed by atoms with van der Waals surface area (Å²) in [4.78, 5) is 33.7. The molecule has 6 heteroatoms. The van der Waals surface area contributed by atoms with E-state index in [1.807, 2.05) is 6.08 Å². The molecule has 6 nitrogen and oxygen atoms in total. The second kappa shape index (κ2) is 4.54. The predicted molar refractivity (Wildman–Crippen MR) is 65.2 cm³/mol. The number of rotatable bonds is 4. The SMILES string of the molecule is O=CC1=CCCC2OC12CNC1CCC(=O)NC1=O. The first kappa shape index (κ1) is 12.5. The van der Waals surface area contributed by atoms with Gasteiger partial charge in [0.05, 0.1) is 12.1 Å². The summed E-state index contributed by atoms with van der Waals surface area (Å²) in [7, 11) is 0. The molecule has 0 saturated carbocycles. The van der Waals surface area contributed by atoms with Crippen molar-refractivity contribution in [1.29, 1.82) is 0 Å². The standard InChI is InChI=1S/C13H16N2O4/c16-6-8-2-1-3-10-13(8,19-10)7-14-9-4-5-11(17)15-12(9)18/h2,6,9-10,14H,1,3-5,7H2,(H,15,17,18). The lowest BCUT2D eigenvalue weighted by molar-refractivity contribution is -0.134. The molecule has 2 N–H and O–H groups in total. The van der Waals surface area contributed by atoms with Crippen molar-refractivity contribution in [1.82, 2.24) is 10.6 Å². The van der Waals surface area contributed by atoms with Crippen LogP contribution in [0.4, 0.5) is 0 Å². The lowest BCUT2D eigenvalue weighted by atomic mass is 9.87. The highest BCUT2D eigenvalue weighted by molar-refractivity contribution is 6.00. The second-order valence-electron chi connectivity index (χ2n) is 5.24. The second-order valence-corrected chi connectivity index (χ2v) is 5.24. The first-order valence-electron chi connectivity index (χ1n) is 6.56. The normalized spacial score (nSPS) is 37.2. The molecule has 2 heterocycles. The van der Waals surface area contributed by atoms with Crippen molar-refractivity contribution in [2.75, 3.05) is 6.54 Å². The van der Waals surface area contributed by atoms with Crippen LogP contribution in [0.5, 0.6) is 0 Å².